The highest BCUT2D eigenvalue weighted by molar-refractivity contribution is 5.83. The molecule has 0 spiro atoms. The molecule has 1 saturated carbocycles. The van der Waals surface area contributed by atoms with E-state index < -0.39 is 16.3 Å². The molecule has 1 fully saturated rings. The molecule has 0 atom stereocenters. The van der Waals surface area contributed by atoms with Gasteiger partial charge in [-0.25, -0.2) is 4.39 Å². The number of nitro benzene ring substituents is 1. The summed E-state index contributed by atoms with van der Waals surface area (Å²) in [6.45, 7) is 0.0779. The van der Waals surface area contributed by atoms with Crippen LogP contribution in [0.4, 0.5) is 10.1 Å². The van der Waals surface area contributed by atoms with E-state index in [4.69, 9.17) is 14.2 Å². The Bertz CT molecular complexity index is 937. The van der Waals surface area contributed by atoms with Crippen molar-refractivity contribution in [3.63, 3.8) is 0 Å². The standard InChI is InChI=1S/C21H20FNO6/c22-17-5-3-16(4-6-17)21(7-1-2-8-21)20(24)28-12-15-10-18(23(25)26)9-14-11-27-13-29-19(14)15/h3-6,9-10H,1-2,7-8,11-13H2. The number of halogens is 1. The molecule has 0 radical (unpaired) electrons. The lowest BCUT2D eigenvalue weighted by atomic mass is 9.79. The summed E-state index contributed by atoms with van der Waals surface area (Å²) in [6.07, 6.45) is 2.99. The first kappa shape index (κ1) is 19.3. The van der Waals surface area contributed by atoms with Gasteiger partial charge in [-0.05, 0) is 30.5 Å². The highest BCUT2D eigenvalue weighted by atomic mass is 19.1. The maximum absolute atomic E-state index is 13.3. The number of carbonyl (C=O) groups excluding carboxylic acids is 1. The molecule has 1 heterocycles. The highest BCUT2D eigenvalue weighted by Gasteiger charge is 2.44. The van der Waals surface area contributed by atoms with Gasteiger partial charge < -0.3 is 14.2 Å². The van der Waals surface area contributed by atoms with E-state index in [-0.39, 0.29) is 31.5 Å². The van der Waals surface area contributed by atoms with E-state index in [9.17, 15) is 19.3 Å². The topological polar surface area (TPSA) is 87.9 Å². The van der Waals surface area contributed by atoms with Gasteiger partial charge in [-0.3, -0.25) is 14.9 Å². The molecule has 8 heteroatoms. The Morgan fingerprint density at radius 1 is 1.21 bits per heavy atom. The predicted molar refractivity (Wildman–Crippen MR) is 99.7 cm³/mol. The summed E-state index contributed by atoms with van der Waals surface area (Å²) in [7, 11) is 0. The third-order valence-electron chi connectivity index (χ3n) is 5.59. The number of non-ortho nitro benzene ring substituents is 1. The second-order valence-corrected chi connectivity index (χ2v) is 7.33. The minimum absolute atomic E-state index is 0.0330. The number of fused-ring (bicyclic) bond motifs is 1. The monoisotopic (exact) mass is 401 g/mol. The van der Waals surface area contributed by atoms with Crippen LogP contribution in [0.3, 0.4) is 0 Å². The molecule has 0 bridgehead atoms. The Hall–Kier alpha value is -3.00. The molecule has 2 aromatic carbocycles. The zero-order valence-corrected chi connectivity index (χ0v) is 15.7. The fraction of sp³-hybridized carbons (Fsp3) is 0.381. The molecule has 7 nitrogen and oxygen atoms in total. The molecular weight excluding hydrogens is 381 g/mol. The van der Waals surface area contributed by atoms with Gasteiger partial charge in [0.1, 0.15) is 18.2 Å². The average Bonchev–Trinajstić information content (AvgIpc) is 3.23. The van der Waals surface area contributed by atoms with Crippen LogP contribution in [0.2, 0.25) is 0 Å². The van der Waals surface area contributed by atoms with Crippen LogP contribution >= 0.6 is 0 Å². The summed E-state index contributed by atoms with van der Waals surface area (Å²) in [5.74, 6) is -0.316. The molecule has 1 aliphatic carbocycles. The number of nitrogens with zero attached hydrogens (tertiary/aromatic N) is 1. The van der Waals surface area contributed by atoms with Crippen LogP contribution in [0, 0.1) is 15.9 Å². The Morgan fingerprint density at radius 2 is 1.93 bits per heavy atom. The number of esters is 1. The molecule has 0 amide bonds. The van der Waals surface area contributed by atoms with E-state index in [1.807, 2.05) is 0 Å². The van der Waals surface area contributed by atoms with Crippen LogP contribution in [-0.2, 0) is 32.9 Å². The maximum Gasteiger partial charge on any atom is 0.316 e. The molecular formula is C21H20FNO6. The van der Waals surface area contributed by atoms with Crippen molar-refractivity contribution < 1.29 is 28.3 Å². The van der Waals surface area contributed by atoms with Gasteiger partial charge in [0.25, 0.3) is 5.69 Å². The van der Waals surface area contributed by atoms with Gasteiger partial charge in [0, 0.05) is 23.3 Å². The van der Waals surface area contributed by atoms with Crippen molar-refractivity contribution in [1.29, 1.82) is 0 Å². The minimum Gasteiger partial charge on any atom is -0.467 e. The second kappa shape index (κ2) is 7.79. The van der Waals surface area contributed by atoms with Crippen molar-refractivity contribution in [1.82, 2.24) is 0 Å². The van der Waals surface area contributed by atoms with Gasteiger partial charge in [0.2, 0.25) is 0 Å². The molecule has 0 unspecified atom stereocenters. The lowest BCUT2D eigenvalue weighted by molar-refractivity contribution is -0.385. The van der Waals surface area contributed by atoms with E-state index in [0.29, 0.717) is 29.7 Å². The summed E-state index contributed by atoms with van der Waals surface area (Å²) < 4.78 is 29.6. The SMILES string of the molecule is O=C(OCc1cc([N+](=O)[O-])cc2c1OCOC2)C1(c2ccc(F)cc2)CCCC1. The van der Waals surface area contributed by atoms with Gasteiger partial charge in [0.15, 0.2) is 6.79 Å². The molecule has 29 heavy (non-hydrogen) atoms. The van der Waals surface area contributed by atoms with E-state index in [2.05, 4.69) is 0 Å². The van der Waals surface area contributed by atoms with Gasteiger partial charge in [0.05, 0.1) is 16.9 Å². The predicted octanol–water partition coefficient (Wildman–Crippen LogP) is 4.16. The molecule has 152 valence electrons. The normalized spacial score (nSPS) is 17.3. The lowest BCUT2D eigenvalue weighted by Gasteiger charge is -2.28. The largest absolute Gasteiger partial charge is 0.467 e. The van der Waals surface area contributed by atoms with Crippen LogP contribution in [0.1, 0.15) is 42.4 Å². The number of ether oxygens (including phenoxy) is 3. The van der Waals surface area contributed by atoms with Crippen molar-refractivity contribution in [2.75, 3.05) is 6.79 Å². The van der Waals surface area contributed by atoms with E-state index in [0.717, 1.165) is 18.4 Å². The zero-order valence-electron chi connectivity index (χ0n) is 15.7. The van der Waals surface area contributed by atoms with Crippen molar-refractivity contribution in [2.24, 2.45) is 0 Å². The summed E-state index contributed by atoms with van der Waals surface area (Å²) >= 11 is 0. The fourth-order valence-corrected chi connectivity index (χ4v) is 4.13. The maximum atomic E-state index is 13.3. The highest BCUT2D eigenvalue weighted by Crippen LogP contribution is 2.43. The summed E-state index contributed by atoms with van der Waals surface area (Å²) in [6, 6.07) is 8.68. The van der Waals surface area contributed by atoms with Crippen LogP contribution in [0.15, 0.2) is 36.4 Å². The fourth-order valence-electron chi connectivity index (χ4n) is 4.13. The van der Waals surface area contributed by atoms with Crippen molar-refractivity contribution in [3.05, 3.63) is 69.0 Å². The third kappa shape index (κ3) is 3.67. The van der Waals surface area contributed by atoms with Crippen LogP contribution in [0.5, 0.6) is 5.75 Å². The first-order valence-electron chi connectivity index (χ1n) is 9.44. The van der Waals surface area contributed by atoms with Gasteiger partial charge in [-0.15, -0.1) is 0 Å². The molecule has 0 aromatic heterocycles. The third-order valence-corrected chi connectivity index (χ3v) is 5.59. The first-order valence-corrected chi connectivity index (χ1v) is 9.44. The Balaban J connectivity index is 1.59. The molecule has 0 saturated heterocycles. The molecule has 2 aliphatic rings. The summed E-state index contributed by atoms with van der Waals surface area (Å²) in [4.78, 5) is 23.8. The zero-order chi connectivity index (χ0) is 20.4. The second-order valence-electron chi connectivity index (χ2n) is 7.33. The Morgan fingerprint density at radius 3 is 2.62 bits per heavy atom. The molecule has 4 rings (SSSR count). The molecule has 0 N–H and O–H groups in total. The molecule has 2 aromatic rings. The van der Waals surface area contributed by atoms with Crippen molar-refractivity contribution in [2.45, 2.75) is 44.3 Å². The van der Waals surface area contributed by atoms with Gasteiger partial charge in [-0.1, -0.05) is 25.0 Å². The average molecular weight is 401 g/mol. The van der Waals surface area contributed by atoms with E-state index in [1.54, 1.807) is 12.1 Å². The molecule has 1 aliphatic heterocycles. The van der Waals surface area contributed by atoms with Crippen LogP contribution < -0.4 is 4.74 Å². The summed E-state index contributed by atoms with van der Waals surface area (Å²) in [5, 5.41) is 11.2. The quantitative estimate of drug-likeness (QED) is 0.425. The lowest BCUT2D eigenvalue weighted by Crippen LogP contribution is -2.34. The number of hydrogen-bond acceptors (Lipinski definition) is 6. The van der Waals surface area contributed by atoms with Crippen LogP contribution in [-0.4, -0.2) is 17.7 Å². The van der Waals surface area contributed by atoms with Gasteiger partial charge in [-0.2, -0.15) is 0 Å². The van der Waals surface area contributed by atoms with Crippen LogP contribution in [0.25, 0.3) is 0 Å². The van der Waals surface area contributed by atoms with Gasteiger partial charge >= 0.3 is 5.97 Å². The number of nitro groups is 1. The Labute approximate surface area is 166 Å². The number of hydrogen-bond donors (Lipinski definition) is 0. The van der Waals surface area contributed by atoms with E-state index >= 15 is 0 Å². The minimum atomic E-state index is -0.821. The van der Waals surface area contributed by atoms with Crippen molar-refractivity contribution in [3.8, 4) is 5.75 Å². The van der Waals surface area contributed by atoms with Crippen molar-refractivity contribution >= 4 is 11.7 Å². The van der Waals surface area contributed by atoms with E-state index in [1.165, 1.54) is 24.3 Å². The number of rotatable bonds is 5. The Kier molecular flexibility index (Phi) is 5.19. The number of benzene rings is 2. The first-order chi connectivity index (χ1) is 14.0. The summed E-state index contributed by atoms with van der Waals surface area (Å²) in [5.41, 5.74) is 0.771. The number of carbonyl (C=O) groups is 1. The smallest absolute Gasteiger partial charge is 0.316 e.